The number of carboxylic acid groups (broad SMARTS) is 1. The van der Waals surface area contributed by atoms with Gasteiger partial charge < -0.3 is 15.4 Å². The van der Waals surface area contributed by atoms with Crippen LogP contribution in [0.3, 0.4) is 0 Å². The molecule has 2 aromatic heterocycles. The van der Waals surface area contributed by atoms with Crippen LogP contribution in [0.1, 0.15) is 53.1 Å². The van der Waals surface area contributed by atoms with E-state index in [9.17, 15) is 9.59 Å². The summed E-state index contributed by atoms with van der Waals surface area (Å²) in [6, 6.07) is 11.7. The largest absolute Gasteiger partial charge is 0.477 e. The molecule has 1 aromatic carbocycles. The van der Waals surface area contributed by atoms with Crippen LogP contribution in [0, 0.1) is 5.92 Å². The number of hydrogen-bond acceptors (Lipinski definition) is 4. The van der Waals surface area contributed by atoms with Crippen LogP contribution in [0.5, 0.6) is 0 Å². The van der Waals surface area contributed by atoms with Crippen LogP contribution in [0.4, 0.5) is 0 Å². The summed E-state index contributed by atoms with van der Waals surface area (Å²) < 4.78 is 0. The van der Waals surface area contributed by atoms with E-state index in [0.717, 1.165) is 17.5 Å². The third-order valence-electron chi connectivity index (χ3n) is 4.40. The summed E-state index contributed by atoms with van der Waals surface area (Å²) >= 11 is 0. The van der Waals surface area contributed by atoms with E-state index >= 15 is 0 Å². The maximum absolute atomic E-state index is 12.6. The summed E-state index contributed by atoms with van der Waals surface area (Å²) in [5, 5.41) is 12.0. The number of carbonyl (C=O) groups excluding carboxylic acids is 1. The molecule has 7 nitrogen and oxygen atoms in total. The highest BCUT2D eigenvalue weighted by atomic mass is 16.4. The first-order chi connectivity index (χ1) is 12.5. The highest BCUT2D eigenvalue weighted by Gasteiger charge is 2.25. The minimum Gasteiger partial charge on any atom is -0.477 e. The lowest BCUT2D eigenvalue weighted by Gasteiger charge is -2.22. The summed E-state index contributed by atoms with van der Waals surface area (Å²) in [6.45, 7) is 4.06. The molecule has 3 rings (SSSR count). The number of imidazole rings is 1. The van der Waals surface area contributed by atoms with Crippen LogP contribution in [0.15, 0.2) is 42.5 Å². The second kappa shape index (κ2) is 7.35. The van der Waals surface area contributed by atoms with E-state index < -0.39 is 11.9 Å². The monoisotopic (exact) mass is 352 g/mol. The number of aromatic amines is 1. The van der Waals surface area contributed by atoms with E-state index in [2.05, 4.69) is 20.3 Å². The number of nitrogens with zero attached hydrogens (tertiary/aromatic N) is 2. The van der Waals surface area contributed by atoms with Crippen molar-refractivity contribution in [2.75, 3.05) is 0 Å². The Morgan fingerprint density at radius 3 is 2.54 bits per heavy atom. The first-order valence-electron chi connectivity index (χ1n) is 8.45. The van der Waals surface area contributed by atoms with Gasteiger partial charge in [0.05, 0.1) is 17.1 Å². The summed E-state index contributed by atoms with van der Waals surface area (Å²) in [4.78, 5) is 35.4. The van der Waals surface area contributed by atoms with Crippen molar-refractivity contribution in [1.29, 1.82) is 0 Å². The number of aromatic nitrogens is 3. The van der Waals surface area contributed by atoms with Crippen LogP contribution < -0.4 is 5.32 Å². The second-order valence-corrected chi connectivity index (χ2v) is 6.19. The molecular weight excluding hydrogens is 332 g/mol. The first-order valence-corrected chi connectivity index (χ1v) is 8.45. The Labute approximate surface area is 150 Å². The zero-order valence-electron chi connectivity index (χ0n) is 14.6. The average Bonchev–Trinajstić information content (AvgIpc) is 3.09. The fraction of sp³-hybridized carbons (Fsp3) is 0.263. The van der Waals surface area contributed by atoms with E-state index in [1.165, 1.54) is 18.2 Å². The molecule has 0 aliphatic carbocycles. The van der Waals surface area contributed by atoms with Gasteiger partial charge >= 0.3 is 5.97 Å². The molecule has 1 amide bonds. The molecule has 26 heavy (non-hydrogen) atoms. The molecule has 3 aromatic rings. The molecule has 134 valence electrons. The predicted octanol–water partition coefficient (Wildman–Crippen LogP) is 3.17. The Kier molecular flexibility index (Phi) is 4.97. The molecule has 0 bridgehead atoms. The third kappa shape index (κ3) is 3.56. The molecule has 0 aliphatic heterocycles. The summed E-state index contributed by atoms with van der Waals surface area (Å²) in [6.07, 6.45) is 0.838. The van der Waals surface area contributed by atoms with E-state index in [1.807, 2.05) is 38.1 Å². The van der Waals surface area contributed by atoms with Gasteiger partial charge in [0.15, 0.2) is 0 Å². The van der Waals surface area contributed by atoms with Gasteiger partial charge in [-0.05, 0) is 30.2 Å². The minimum absolute atomic E-state index is 0.0642. The Balaban J connectivity index is 1.90. The Morgan fingerprint density at radius 1 is 1.12 bits per heavy atom. The SMILES string of the molecule is CCC(C)C(NC(=O)c1cccc(C(=O)O)n1)c1nc2ccccc2[nH]1. The molecule has 2 unspecified atom stereocenters. The van der Waals surface area contributed by atoms with Crippen molar-refractivity contribution in [3.05, 3.63) is 59.7 Å². The van der Waals surface area contributed by atoms with Crippen LogP contribution in [0.25, 0.3) is 11.0 Å². The van der Waals surface area contributed by atoms with Gasteiger partial charge in [0.1, 0.15) is 17.2 Å². The molecule has 0 saturated heterocycles. The van der Waals surface area contributed by atoms with Crippen molar-refractivity contribution in [3.63, 3.8) is 0 Å². The molecular formula is C19H20N4O3. The molecule has 0 radical (unpaired) electrons. The molecule has 2 atom stereocenters. The molecule has 3 N–H and O–H groups in total. The molecule has 0 saturated carbocycles. The number of H-pyrrole nitrogens is 1. The topological polar surface area (TPSA) is 108 Å². The van der Waals surface area contributed by atoms with Gasteiger partial charge in [-0.1, -0.05) is 38.5 Å². The van der Waals surface area contributed by atoms with Crippen LogP contribution in [0.2, 0.25) is 0 Å². The van der Waals surface area contributed by atoms with Gasteiger partial charge in [0.2, 0.25) is 0 Å². The molecule has 7 heteroatoms. The van der Waals surface area contributed by atoms with Crippen LogP contribution in [-0.2, 0) is 0 Å². The number of carboxylic acids is 1. The number of benzene rings is 1. The maximum Gasteiger partial charge on any atom is 0.354 e. The zero-order chi connectivity index (χ0) is 18.7. The van der Waals surface area contributed by atoms with Crippen LogP contribution in [-0.4, -0.2) is 31.9 Å². The van der Waals surface area contributed by atoms with Gasteiger partial charge in [-0.15, -0.1) is 0 Å². The van der Waals surface area contributed by atoms with Crippen molar-refractivity contribution in [3.8, 4) is 0 Å². The van der Waals surface area contributed by atoms with Gasteiger partial charge in [-0.3, -0.25) is 4.79 Å². The Hall–Kier alpha value is -3.22. The van der Waals surface area contributed by atoms with Crippen LogP contribution >= 0.6 is 0 Å². The number of para-hydroxylation sites is 2. The average molecular weight is 352 g/mol. The highest BCUT2D eigenvalue weighted by molar-refractivity contribution is 5.94. The van der Waals surface area contributed by atoms with Crippen molar-refractivity contribution in [2.24, 2.45) is 5.92 Å². The smallest absolute Gasteiger partial charge is 0.354 e. The highest BCUT2D eigenvalue weighted by Crippen LogP contribution is 2.25. The standard InChI is InChI=1S/C19H20N4O3/c1-3-11(2)16(17-21-12-7-4-5-8-13(12)22-17)23-18(24)14-9-6-10-15(20-14)19(25)26/h4-11,16H,3H2,1-2H3,(H,21,22)(H,23,24)(H,25,26). The maximum atomic E-state index is 12.6. The molecule has 0 fully saturated rings. The number of nitrogens with one attached hydrogen (secondary N) is 2. The minimum atomic E-state index is -1.17. The number of amides is 1. The fourth-order valence-corrected chi connectivity index (χ4v) is 2.73. The van der Waals surface area contributed by atoms with Gasteiger partial charge in [-0.2, -0.15) is 0 Å². The van der Waals surface area contributed by atoms with Crippen molar-refractivity contribution in [1.82, 2.24) is 20.3 Å². The summed E-state index contributed by atoms with van der Waals surface area (Å²) in [5.41, 5.74) is 1.63. The fourth-order valence-electron chi connectivity index (χ4n) is 2.73. The quantitative estimate of drug-likeness (QED) is 0.631. The summed E-state index contributed by atoms with van der Waals surface area (Å²) in [5.74, 6) is -0.806. The summed E-state index contributed by atoms with van der Waals surface area (Å²) in [7, 11) is 0. The van der Waals surface area contributed by atoms with E-state index in [0.29, 0.717) is 5.82 Å². The number of carbonyl (C=O) groups is 2. The Morgan fingerprint density at radius 2 is 1.85 bits per heavy atom. The number of pyridine rings is 1. The molecule has 2 heterocycles. The first kappa shape index (κ1) is 17.6. The Bertz CT molecular complexity index is 918. The number of hydrogen-bond donors (Lipinski definition) is 3. The van der Waals surface area contributed by atoms with E-state index in [4.69, 9.17) is 5.11 Å². The van der Waals surface area contributed by atoms with Gasteiger partial charge in [-0.25, -0.2) is 14.8 Å². The lowest BCUT2D eigenvalue weighted by atomic mass is 9.98. The number of fused-ring (bicyclic) bond motifs is 1. The normalized spacial score (nSPS) is 13.3. The lowest BCUT2D eigenvalue weighted by Crippen LogP contribution is -2.34. The van der Waals surface area contributed by atoms with E-state index in [-0.39, 0.29) is 23.3 Å². The lowest BCUT2D eigenvalue weighted by molar-refractivity contribution is 0.0690. The third-order valence-corrected chi connectivity index (χ3v) is 4.40. The van der Waals surface area contributed by atoms with Gasteiger partial charge in [0, 0.05) is 0 Å². The number of rotatable bonds is 6. The predicted molar refractivity (Wildman–Crippen MR) is 97.0 cm³/mol. The molecule has 0 aliphatic rings. The van der Waals surface area contributed by atoms with Crippen molar-refractivity contribution >= 4 is 22.9 Å². The van der Waals surface area contributed by atoms with Crippen molar-refractivity contribution < 1.29 is 14.7 Å². The zero-order valence-corrected chi connectivity index (χ0v) is 14.6. The van der Waals surface area contributed by atoms with Gasteiger partial charge in [0.25, 0.3) is 5.91 Å². The second-order valence-electron chi connectivity index (χ2n) is 6.19. The van der Waals surface area contributed by atoms with E-state index in [1.54, 1.807) is 0 Å². The number of aromatic carboxylic acids is 1. The van der Waals surface area contributed by atoms with Crippen molar-refractivity contribution in [2.45, 2.75) is 26.3 Å². The molecule has 0 spiro atoms.